The van der Waals surface area contributed by atoms with Crippen LogP contribution in [0.25, 0.3) is 0 Å². The number of hydrogen-bond acceptors (Lipinski definition) is 4. The molecule has 0 amide bonds. The van der Waals surface area contributed by atoms with E-state index in [-0.39, 0.29) is 5.75 Å². The van der Waals surface area contributed by atoms with Gasteiger partial charge in [0.2, 0.25) is 0 Å². The Kier molecular flexibility index (Phi) is 3.66. The van der Waals surface area contributed by atoms with Gasteiger partial charge in [0.15, 0.2) is 0 Å². The van der Waals surface area contributed by atoms with Crippen LogP contribution in [0.1, 0.15) is 11.1 Å². The van der Waals surface area contributed by atoms with E-state index < -0.39 is 0 Å². The second-order valence-electron chi connectivity index (χ2n) is 3.65. The molecule has 2 aromatic rings. The lowest BCUT2D eigenvalue weighted by atomic mass is 10.2. The summed E-state index contributed by atoms with van der Waals surface area (Å²) in [6.07, 6.45) is 1.53. The fraction of sp³-hybridized carbons (Fsp3) is 0.0769. The van der Waals surface area contributed by atoms with Crippen molar-refractivity contribution < 1.29 is 5.11 Å². The van der Waals surface area contributed by atoms with Gasteiger partial charge in [0.05, 0.1) is 5.56 Å². The summed E-state index contributed by atoms with van der Waals surface area (Å²) in [5, 5.41) is 21.4. The number of nitrogens with zero attached hydrogens (tertiary/aromatic N) is 2. The number of nitriles is 1. The van der Waals surface area contributed by atoms with Crippen molar-refractivity contribution in [3.8, 4) is 11.8 Å². The Morgan fingerprint density at radius 1 is 1.28 bits per heavy atom. The predicted octanol–water partition coefficient (Wildman–Crippen LogP) is 2.92. The number of phenolic OH excluding ortho intramolecular Hbond substituents is 1. The van der Waals surface area contributed by atoms with Crippen LogP contribution in [0.5, 0.6) is 5.75 Å². The first-order chi connectivity index (χ1) is 8.70. The highest BCUT2D eigenvalue weighted by molar-refractivity contribution is 6.34. The molecular weight excluding hydrogens is 250 g/mol. The van der Waals surface area contributed by atoms with Crippen molar-refractivity contribution in [2.75, 3.05) is 5.32 Å². The first-order valence-electron chi connectivity index (χ1n) is 5.27. The molecule has 0 bridgehead atoms. The van der Waals surface area contributed by atoms with Crippen LogP contribution in [0, 0.1) is 11.3 Å². The molecule has 4 nitrogen and oxygen atoms in total. The highest BCUT2D eigenvalue weighted by Gasteiger charge is 2.06. The lowest BCUT2D eigenvalue weighted by molar-refractivity contribution is 0.475. The van der Waals surface area contributed by atoms with E-state index in [1.165, 1.54) is 6.20 Å². The van der Waals surface area contributed by atoms with Gasteiger partial charge in [-0.25, -0.2) is 4.98 Å². The lowest BCUT2D eigenvalue weighted by Crippen LogP contribution is -2.02. The van der Waals surface area contributed by atoms with Gasteiger partial charge in [0.1, 0.15) is 22.7 Å². The quantitative estimate of drug-likeness (QED) is 0.889. The van der Waals surface area contributed by atoms with E-state index in [9.17, 15) is 0 Å². The van der Waals surface area contributed by atoms with Gasteiger partial charge in [0.25, 0.3) is 0 Å². The highest BCUT2D eigenvalue weighted by atomic mass is 35.5. The number of rotatable bonds is 3. The number of aromatic nitrogens is 1. The minimum Gasteiger partial charge on any atom is -0.508 e. The van der Waals surface area contributed by atoms with Crippen molar-refractivity contribution in [2.45, 2.75) is 6.54 Å². The number of hydrogen-bond donors (Lipinski definition) is 2. The molecule has 0 saturated carbocycles. The van der Waals surface area contributed by atoms with Gasteiger partial charge < -0.3 is 10.4 Å². The number of benzene rings is 1. The van der Waals surface area contributed by atoms with Gasteiger partial charge in [-0.05, 0) is 23.8 Å². The van der Waals surface area contributed by atoms with Gasteiger partial charge in [-0.3, -0.25) is 0 Å². The number of nitrogens with one attached hydrogen (secondary N) is 1. The van der Waals surface area contributed by atoms with Gasteiger partial charge >= 0.3 is 0 Å². The third-order valence-electron chi connectivity index (χ3n) is 2.41. The van der Waals surface area contributed by atoms with Crippen LogP contribution in [-0.2, 0) is 6.54 Å². The molecule has 1 aromatic carbocycles. The molecule has 0 unspecified atom stereocenters. The van der Waals surface area contributed by atoms with Crippen LogP contribution in [0.2, 0.25) is 5.02 Å². The van der Waals surface area contributed by atoms with Crippen molar-refractivity contribution in [2.24, 2.45) is 0 Å². The van der Waals surface area contributed by atoms with Crippen LogP contribution >= 0.6 is 11.6 Å². The summed E-state index contributed by atoms with van der Waals surface area (Å²) >= 11 is 6.01. The minimum atomic E-state index is 0.224. The zero-order valence-electron chi connectivity index (χ0n) is 9.39. The Bertz CT molecular complexity index is 590. The summed E-state index contributed by atoms with van der Waals surface area (Å²) in [7, 11) is 0. The Morgan fingerprint density at radius 3 is 2.67 bits per heavy atom. The van der Waals surface area contributed by atoms with Crippen molar-refractivity contribution in [3.63, 3.8) is 0 Å². The first kappa shape index (κ1) is 12.2. The van der Waals surface area contributed by atoms with Crippen molar-refractivity contribution >= 4 is 17.4 Å². The smallest absolute Gasteiger partial charge is 0.146 e. The average molecular weight is 260 g/mol. The van der Waals surface area contributed by atoms with Gasteiger partial charge in [-0.2, -0.15) is 5.26 Å². The summed E-state index contributed by atoms with van der Waals surface area (Å²) in [6.45, 7) is 0.516. The summed E-state index contributed by atoms with van der Waals surface area (Å²) in [5.41, 5.74) is 1.37. The maximum Gasteiger partial charge on any atom is 0.146 e. The number of anilines is 1. The number of aromatic hydroxyl groups is 1. The van der Waals surface area contributed by atoms with Gasteiger partial charge in [0, 0.05) is 12.7 Å². The summed E-state index contributed by atoms with van der Waals surface area (Å²) < 4.78 is 0. The van der Waals surface area contributed by atoms with Crippen LogP contribution in [0.15, 0.2) is 36.5 Å². The maximum atomic E-state index is 9.16. The normalized spacial score (nSPS) is 9.78. The molecule has 1 heterocycles. The number of halogens is 1. The molecule has 2 rings (SSSR count). The summed E-state index contributed by atoms with van der Waals surface area (Å²) in [6, 6.07) is 10.4. The van der Waals surface area contributed by atoms with Crippen LogP contribution in [0.4, 0.5) is 5.82 Å². The van der Waals surface area contributed by atoms with E-state index in [1.807, 2.05) is 6.07 Å². The van der Waals surface area contributed by atoms with Crippen LogP contribution in [0.3, 0.4) is 0 Å². The second kappa shape index (κ2) is 5.39. The molecule has 0 atom stereocenters. The molecule has 0 aliphatic rings. The number of phenols is 1. The molecule has 0 fully saturated rings. The molecule has 0 radical (unpaired) electrons. The van der Waals surface area contributed by atoms with Gasteiger partial charge in [-0.1, -0.05) is 23.7 Å². The Hall–Kier alpha value is -2.25. The standard InChI is InChI=1S/C13H10ClN3O/c14-12-10(7-15)5-6-16-13(12)17-8-9-1-3-11(18)4-2-9/h1-6,18H,8H2,(H,16,17). The fourth-order valence-corrected chi connectivity index (χ4v) is 1.67. The van der Waals surface area contributed by atoms with E-state index in [1.54, 1.807) is 30.3 Å². The van der Waals surface area contributed by atoms with Crippen LogP contribution in [-0.4, -0.2) is 10.1 Å². The Morgan fingerprint density at radius 2 is 2.00 bits per heavy atom. The zero-order valence-corrected chi connectivity index (χ0v) is 10.1. The van der Waals surface area contributed by atoms with Crippen LogP contribution < -0.4 is 5.32 Å². The first-order valence-corrected chi connectivity index (χ1v) is 5.65. The molecule has 18 heavy (non-hydrogen) atoms. The van der Waals surface area contributed by atoms with Crippen molar-refractivity contribution in [1.29, 1.82) is 5.26 Å². The van der Waals surface area contributed by atoms with E-state index >= 15 is 0 Å². The van der Waals surface area contributed by atoms with Gasteiger partial charge in [-0.15, -0.1) is 0 Å². The minimum absolute atomic E-state index is 0.224. The fourth-order valence-electron chi connectivity index (χ4n) is 1.45. The average Bonchev–Trinajstić information content (AvgIpc) is 2.39. The Balaban J connectivity index is 2.11. The molecule has 0 spiro atoms. The summed E-state index contributed by atoms with van der Waals surface area (Å²) in [4.78, 5) is 4.08. The van der Waals surface area contributed by atoms with E-state index in [0.29, 0.717) is 22.9 Å². The van der Waals surface area contributed by atoms with E-state index in [0.717, 1.165) is 5.56 Å². The van der Waals surface area contributed by atoms with Crippen molar-refractivity contribution in [1.82, 2.24) is 4.98 Å². The largest absolute Gasteiger partial charge is 0.508 e. The topological polar surface area (TPSA) is 68.9 Å². The third kappa shape index (κ3) is 2.70. The lowest BCUT2D eigenvalue weighted by Gasteiger charge is -2.08. The molecule has 5 heteroatoms. The van der Waals surface area contributed by atoms with E-state index in [4.69, 9.17) is 22.0 Å². The third-order valence-corrected chi connectivity index (χ3v) is 2.79. The SMILES string of the molecule is N#Cc1ccnc(NCc2ccc(O)cc2)c1Cl. The molecule has 2 N–H and O–H groups in total. The molecule has 0 saturated heterocycles. The molecule has 90 valence electrons. The zero-order chi connectivity index (χ0) is 13.0. The monoisotopic (exact) mass is 259 g/mol. The molecule has 0 aliphatic carbocycles. The van der Waals surface area contributed by atoms with Crippen molar-refractivity contribution in [3.05, 3.63) is 52.7 Å². The molecule has 0 aliphatic heterocycles. The molecule has 1 aromatic heterocycles. The second-order valence-corrected chi connectivity index (χ2v) is 4.03. The number of pyridine rings is 1. The maximum absolute atomic E-state index is 9.16. The highest BCUT2D eigenvalue weighted by Crippen LogP contribution is 2.23. The molecular formula is C13H10ClN3O. The predicted molar refractivity (Wildman–Crippen MR) is 69.4 cm³/mol. The van der Waals surface area contributed by atoms with E-state index in [2.05, 4.69) is 10.3 Å². The Labute approximate surface area is 109 Å². The summed E-state index contributed by atoms with van der Waals surface area (Å²) in [5.74, 6) is 0.699.